The van der Waals surface area contributed by atoms with Gasteiger partial charge >= 0.3 is 191 Å². The van der Waals surface area contributed by atoms with Gasteiger partial charge in [-0.2, -0.15) is 0 Å². The number of anilines is 2. The molecule has 0 aromatic heterocycles. The molecule has 2 aromatic carbocycles. The third kappa shape index (κ3) is 4.45. The molecule has 2 N–H and O–H groups in total. The molecule has 0 bridgehead atoms. The van der Waals surface area contributed by atoms with Crippen LogP contribution in [0.1, 0.15) is 48.9 Å². The molecule has 32 heavy (non-hydrogen) atoms. The van der Waals surface area contributed by atoms with Crippen molar-refractivity contribution in [1.82, 2.24) is 0 Å². The molecule has 1 aliphatic carbocycles. The molecule has 1 aliphatic rings. The summed E-state index contributed by atoms with van der Waals surface area (Å²) in [6.07, 6.45) is 3.82. The number of para-hydroxylation sites is 1. The third-order valence-electron chi connectivity index (χ3n) is 7.53. The van der Waals surface area contributed by atoms with Crippen LogP contribution in [-0.4, -0.2) is 35.5 Å². The summed E-state index contributed by atoms with van der Waals surface area (Å²) in [5.74, 6) is -0.287. The van der Waals surface area contributed by atoms with Crippen molar-refractivity contribution in [3.8, 4) is 0 Å². The van der Waals surface area contributed by atoms with Crippen LogP contribution < -0.4 is 10.6 Å². The van der Waals surface area contributed by atoms with E-state index in [2.05, 4.69) is 24.5 Å². The maximum atomic E-state index is 13.7. The van der Waals surface area contributed by atoms with Crippen LogP contribution in [-0.2, 0) is 9.59 Å². The van der Waals surface area contributed by atoms with Crippen molar-refractivity contribution in [3.05, 3.63) is 58.4 Å². The predicted octanol–water partition coefficient (Wildman–Crippen LogP) is 5.96. The molecule has 0 aliphatic heterocycles. The number of carbonyl (C=O) groups is 2. The summed E-state index contributed by atoms with van der Waals surface area (Å²) in [5.41, 5.74) is 5.09. The van der Waals surface area contributed by atoms with E-state index in [9.17, 15) is 14.0 Å². The zero-order valence-electron chi connectivity index (χ0n) is 20.1. The Morgan fingerprint density at radius 1 is 0.906 bits per heavy atom. The minimum atomic E-state index is -2.27. The number of aryl methyl sites for hydroxylation is 4. The van der Waals surface area contributed by atoms with Gasteiger partial charge in [-0.25, -0.2) is 0 Å². The van der Waals surface area contributed by atoms with Crippen molar-refractivity contribution in [2.24, 2.45) is 0 Å². The van der Waals surface area contributed by atoms with Gasteiger partial charge in [0.25, 0.3) is 0 Å². The first kappa shape index (κ1) is 24.4. The topological polar surface area (TPSA) is 58.2 Å². The molecule has 2 amide bonds. The summed E-state index contributed by atoms with van der Waals surface area (Å²) >= 11 is 0. The average molecular weight is 459 g/mol. The van der Waals surface area contributed by atoms with Gasteiger partial charge in [-0.1, -0.05) is 0 Å². The second-order valence-corrected chi connectivity index (χ2v) is 14.7. The average Bonchev–Trinajstić information content (AvgIpc) is 3.54. The molecule has 0 atom stereocenters. The molecule has 0 spiro atoms. The Balaban J connectivity index is 1.85. The van der Waals surface area contributed by atoms with Crippen LogP contribution in [0, 0.1) is 33.5 Å². The Kier molecular flexibility index (Phi) is 7.09. The van der Waals surface area contributed by atoms with Crippen molar-refractivity contribution in [3.63, 3.8) is 0 Å². The van der Waals surface area contributed by atoms with Crippen LogP contribution >= 0.6 is 7.26 Å². The molecule has 0 saturated heterocycles. The van der Waals surface area contributed by atoms with Crippen molar-refractivity contribution in [1.29, 1.82) is 0 Å². The van der Waals surface area contributed by atoms with Gasteiger partial charge in [0, 0.05) is 0 Å². The molecule has 0 radical (unpaired) electrons. The number of amides is 2. The normalized spacial score (nSPS) is 15.2. The van der Waals surface area contributed by atoms with E-state index in [1.54, 1.807) is 0 Å². The number of benzene rings is 2. The van der Waals surface area contributed by atoms with E-state index < -0.39 is 12.4 Å². The number of rotatable bonds is 8. The second kappa shape index (κ2) is 9.31. The van der Waals surface area contributed by atoms with Crippen molar-refractivity contribution >= 4 is 30.5 Å². The summed E-state index contributed by atoms with van der Waals surface area (Å²) < 4.78 is 13.7. The molecular formula is C26H36FN2O2P. The summed E-state index contributed by atoms with van der Waals surface area (Å²) in [6.45, 7) is 11.9. The predicted molar refractivity (Wildman–Crippen MR) is 135 cm³/mol. The van der Waals surface area contributed by atoms with Crippen LogP contribution in [0.4, 0.5) is 15.8 Å². The molecule has 6 heteroatoms. The molecule has 1 fully saturated rings. The zero-order valence-corrected chi connectivity index (χ0v) is 21.1. The standard InChI is InChI=1S/C26H36FN2O2P/c1-7-32(8-2,16-22(30)28-23-17(3)10-9-11-18(23)4)26(12-13-26)25(31)29-24-19(5)14-21(27)15-20(24)6/h9-11,14-15,32H,7-8,12-13,16H2,1-6H3,(H,28,30)(H,29,31). The molecule has 0 unspecified atom stereocenters. The van der Waals surface area contributed by atoms with E-state index in [1.165, 1.54) is 12.1 Å². The Labute approximate surface area is 191 Å². The first-order chi connectivity index (χ1) is 15.1. The van der Waals surface area contributed by atoms with Crippen molar-refractivity contribution in [2.45, 2.75) is 59.5 Å². The van der Waals surface area contributed by atoms with Gasteiger partial charge in [-0.05, 0) is 0 Å². The second-order valence-electron chi connectivity index (χ2n) is 9.43. The molecular weight excluding hydrogens is 422 g/mol. The van der Waals surface area contributed by atoms with Crippen LogP contribution in [0.25, 0.3) is 0 Å². The van der Waals surface area contributed by atoms with Gasteiger partial charge < -0.3 is 0 Å². The van der Waals surface area contributed by atoms with E-state index in [4.69, 9.17) is 0 Å². The van der Waals surface area contributed by atoms with Crippen LogP contribution in [0.15, 0.2) is 30.3 Å². The molecule has 3 rings (SSSR count). The molecule has 1 saturated carbocycles. The van der Waals surface area contributed by atoms with E-state index in [-0.39, 0.29) is 17.6 Å². The number of halogens is 1. The Bertz CT molecular complexity index is 999. The van der Waals surface area contributed by atoms with E-state index in [0.717, 1.165) is 53.1 Å². The number of carbonyl (C=O) groups excluding carboxylic acids is 2. The molecule has 4 nitrogen and oxygen atoms in total. The van der Waals surface area contributed by atoms with Gasteiger partial charge in [0.2, 0.25) is 0 Å². The van der Waals surface area contributed by atoms with E-state index >= 15 is 0 Å². The minimum absolute atomic E-state index is 0.00514. The first-order valence-electron chi connectivity index (χ1n) is 11.5. The monoisotopic (exact) mass is 458 g/mol. The van der Waals surface area contributed by atoms with Crippen LogP contribution in [0.2, 0.25) is 0 Å². The SMILES string of the molecule is CC[PH](CC)(CC(=O)Nc1c(C)cccc1C)C1(C(=O)Nc2c(C)cc(F)cc2C)CC1. The summed E-state index contributed by atoms with van der Waals surface area (Å²) in [5, 5.41) is 5.82. The fraction of sp³-hybridized carbons (Fsp3) is 0.462. The van der Waals surface area contributed by atoms with Gasteiger partial charge in [0.05, 0.1) is 0 Å². The molecule has 2 aromatic rings. The van der Waals surface area contributed by atoms with E-state index in [1.807, 2.05) is 45.9 Å². The number of nitrogens with one attached hydrogen (secondary N) is 2. The Morgan fingerprint density at radius 2 is 1.41 bits per heavy atom. The molecule has 174 valence electrons. The zero-order chi connectivity index (χ0) is 23.7. The Morgan fingerprint density at radius 3 is 1.88 bits per heavy atom. The Hall–Kier alpha value is -2.26. The number of hydrogen-bond acceptors (Lipinski definition) is 2. The summed E-state index contributed by atoms with van der Waals surface area (Å²) in [7, 11) is -2.27. The van der Waals surface area contributed by atoms with Gasteiger partial charge in [-0.15, -0.1) is 0 Å². The third-order valence-corrected chi connectivity index (χ3v) is 14.0. The molecule has 0 heterocycles. The summed E-state index contributed by atoms with van der Waals surface area (Å²) in [6, 6.07) is 8.88. The van der Waals surface area contributed by atoms with Crippen LogP contribution in [0.3, 0.4) is 0 Å². The van der Waals surface area contributed by atoms with Gasteiger partial charge in [0.15, 0.2) is 0 Å². The quantitative estimate of drug-likeness (QED) is 0.480. The number of hydrogen-bond donors (Lipinski definition) is 2. The van der Waals surface area contributed by atoms with Gasteiger partial charge in [0.1, 0.15) is 0 Å². The van der Waals surface area contributed by atoms with Crippen molar-refractivity contribution in [2.75, 3.05) is 29.1 Å². The van der Waals surface area contributed by atoms with Gasteiger partial charge in [-0.3, -0.25) is 0 Å². The van der Waals surface area contributed by atoms with Crippen LogP contribution in [0.5, 0.6) is 0 Å². The maximum absolute atomic E-state index is 13.7. The van der Waals surface area contributed by atoms with Crippen molar-refractivity contribution < 1.29 is 14.0 Å². The summed E-state index contributed by atoms with van der Waals surface area (Å²) in [4.78, 5) is 26.8. The first-order valence-corrected chi connectivity index (χ1v) is 14.2. The van der Waals surface area contributed by atoms with E-state index in [0.29, 0.717) is 11.8 Å². The fourth-order valence-electron chi connectivity index (χ4n) is 5.31. The fourth-order valence-corrected chi connectivity index (χ4v) is 10.4.